The maximum atomic E-state index is 5.57. The topological polar surface area (TPSA) is 80.2 Å². The lowest BCUT2D eigenvalue weighted by molar-refractivity contribution is 0.160. The van der Waals surface area contributed by atoms with E-state index in [4.69, 9.17) is 8.94 Å². The van der Waals surface area contributed by atoms with Gasteiger partial charge in [0.15, 0.2) is 11.5 Å². The van der Waals surface area contributed by atoms with Crippen molar-refractivity contribution in [3.63, 3.8) is 0 Å². The number of likely N-dealkylation sites (tertiary alicyclic amines) is 1. The van der Waals surface area contributed by atoms with Crippen molar-refractivity contribution in [1.82, 2.24) is 20.0 Å². The second-order valence-corrected chi connectivity index (χ2v) is 7.43. The van der Waals surface area contributed by atoms with Crippen molar-refractivity contribution >= 4 is 5.95 Å². The molecule has 0 radical (unpaired) electrons. The molecule has 1 saturated heterocycles. The highest BCUT2D eigenvalue weighted by Crippen LogP contribution is 2.31. The van der Waals surface area contributed by atoms with Gasteiger partial charge in [0.05, 0.1) is 17.5 Å². The highest BCUT2D eigenvalue weighted by atomic mass is 16.5. The van der Waals surface area contributed by atoms with Crippen molar-refractivity contribution in [2.75, 3.05) is 25.0 Å². The van der Waals surface area contributed by atoms with Crippen LogP contribution in [0.4, 0.5) is 5.95 Å². The molecule has 1 aliphatic rings. The Morgan fingerprint density at radius 1 is 1.29 bits per heavy atom. The molecule has 4 rings (SSSR count). The standard InChI is InChI=1S/C21H27N5O2/c1-15-13-19(28-25-15)17-14-23-21(24-20(17)18-8-5-12-27-18)22-9-6-11-26-10-4-3-7-16(26)2/h5,8,12-14,16H,3-4,6-7,9-11H2,1-2H3,(H,22,23,24). The minimum Gasteiger partial charge on any atom is -0.463 e. The Balaban J connectivity index is 1.44. The van der Waals surface area contributed by atoms with E-state index in [1.807, 2.05) is 25.1 Å². The van der Waals surface area contributed by atoms with Crippen LogP contribution >= 0.6 is 0 Å². The van der Waals surface area contributed by atoms with Gasteiger partial charge < -0.3 is 19.2 Å². The van der Waals surface area contributed by atoms with E-state index in [0.29, 0.717) is 29.2 Å². The fraction of sp³-hybridized carbons (Fsp3) is 0.476. The molecule has 1 aliphatic heterocycles. The van der Waals surface area contributed by atoms with E-state index in [9.17, 15) is 0 Å². The Bertz CT molecular complexity index is 890. The van der Waals surface area contributed by atoms with E-state index in [-0.39, 0.29) is 0 Å². The average molecular weight is 381 g/mol. The first-order chi connectivity index (χ1) is 13.7. The summed E-state index contributed by atoms with van der Waals surface area (Å²) in [6, 6.07) is 6.30. The highest BCUT2D eigenvalue weighted by Gasteiger charge is 2.18. The molecule has 0 spiro atoms. The number of hydrogen-bond donors (Lipinski definition) is 1. The first-order valence-corrected chi connectivity index (χ1v) is 10.0. The molecule has 0 amide bonds. The fourth-order valence-corrected chi connectivity index (χ4v) is 3.71. The van der Waals surface area contributed by atoms with Crippen molar-refractivity contribution in [2.24, 2.45) is 0 Å². The smallest absolute Gasteiger partial charge is 0.223 e. The van der Waals surface area contributed by atoms with Gasteiger partial charge in [-0.15, -0.1) is 0 Å². The first kappa shape index (κ1) is 18.7. The van der Waals surface area contributed by atoms with Crippen LogP contribution in [-0.4, -0.2) is 45.7 Å². The van der Waals surface area contributed by atoms with Gasteiger partial charge in [-0.1, -0.05) is 11.6 Å². The van der Waals surface area contributed by atoms with Crippen LogP contribution in [-0.2, 0) is 0 Å². The third-order valence-electron chi connectivity index (χ3n) is 5.28. The first-order valence-electron chi connectivity index (χ1n) is 10.0. The third kappa shape index (κ3) is 4.25. The van der Waals surface area contributed by atoms with Crippen LogP contribution in [0.25, 0.3) is 22.8 Å². The SMILES string of the molecule is Cc1cc(-c2cnc(NCCCN3CCCCC3C)nc2-c2ccco2)on1. The fourth-order valence-electron chi connectivity index (χ4n) is 3.71. The largest absolute Gasteiger partial charge is 0.463 e. The molecular formula is C21H27N5O2. The van der Waals surface area contributed by atoms with Crippen molar-refractivity contribution in [2.45, 2.75) is 45.6 Å². The van der Waals surface area contributed by atoms with Gasteiger partial charge in [-0.05, 0) is 51.8 Å². The minimum atomic E-state index is 0.595. The summed E-state index contributed by atoms with van der Waals surface area (Å²) in [4.78, 5) is 11.7. The number of nitrogens with one attached hydrogen (secondary N) is 1. The monoisotopic (exact) mass is 381 g/mol. The summed E-state index contributed by atoms with van der Waals surface area (Å²) in [7, 11) is 0. The van der Waals surface area contributed by atoms with Crippen molar-refractivity contribution < 1.29 is 8.94 Å². The summed E-state index contributed by atoms with van der Waals surface area (Å²) in [5, 5.41) is 7.32. The Morgan fingerprint density at radius 3 is 2.96 bits per heavy atom. The van der Waals surface area contributed by atoms with E-state index >= 15 is 0 Å². The predicted octanol–water partition coefficient (Wildman–Crippen LogP) is 4.38. The molecule has 148 valence electrons. The van der Waals surface area contributed by atoms with Crippen LogP contribution in [0.5, 0.6) is 0 Å². The zero-order valence-corrected chi connectivity index (χ0v) is 16.5. The third-order valence-corrected chi connectivity index (χ3v) is 5.28. The number of furan rings is 1. The predicted molar refractivity (Wildman–Crippen MR) is 108 cm³/mol. The van der Waals surface area contributed by atoms with E-state index in [0.717, 1.165) is 30.8 Å². The number of hydrogen-bond acceptors (Lipinski definition) is 7. The summed E-state index contributed by atoms with van der Waals surface area (Å²) in [6.07, 6.45) is 8.45. The van der Waals surface area contributed by atoms with E-state index in [1.165, 1.54) is 25.8 Å². The number of piperidine rings is 1. The molecule has 3 aromatic rings. The number of aromatic nitrogens is 3. The summed E-state index contributed by atoms with van der Waals surface area (Å²) in [5.74, 6) is 1.91. The number of nitrogens with zero attached hydrogens (tertiary/aromatic N) is 4. The summed E-state index contributed by atoms with van der Waals surface area (Å²) in [6.45, 7) is 7.37. The lowest BCUT2D eigenvalue weighted by Crippen LogP contribution is -2.38. The van der Waals surface area contributed by atoms with Gasteiger partial charge in [0.2, 0.25) is 5.95 Å². The molecular weight excluding hydrogens is 354 g/mol. The van der Waals surface area contributed by atoms with Crippen molar-refractivity contribution in [3.8, 4) is 22.8 Å². The van der Waals surface area contributed by atoms with E-state index in [2.05, 4.69) is 32.3 Å². The molecule has 28 heavy (non-hydrogen) atoms. The van der Waals surface area contributed by atoms with Crippen molar-refractivity contribution in [3.05, 3.63) is 36.4 Å². The van der Waals surface area contributed by atoms with Gasteiger partial charge in [-0.25, -0.2) is 9.97 Å². The van der Waals surface area contributed by atoms with Crippen LogP contribution in [0.2, 0.25) is 0 Å². The maximum Gasteiger partial charge on any atom is 0.223 e. The molecule has 1 atom stereocenters. The summed E-state index contributed by atoms with van der Waals surface area (Å²) >= 11 is 0. The molecule has 0 bridgehead atoms. The Kier molecular flexibility index (Phi) is 5.71. The second kappa shape index (κ2) is 8.56. The van der Waals surface area contributed by atoms with E-state index < -0.39 is 0 Å². The van der Waals surface area contributed by atoms with E-state index in [1.54, 1.807) is 12.5 Å². The zero-order chi connectivity index (χ0) is 19.3. The van der Waals surface area contributed by atoms with Crippen LogP contribution in [0.3, 0.4) is 0 Å². The number of anilines is 1. The maximum absolute atomic E-state index is 5.57. The molecule has 0 aliphatic carbocycles. The molecule has 7 heteroatoms. The quantitative estimate of drug-likeness (QED) is 0.608. The summed E-state index contributed by atoms with van der Waals surface area (Å²) < 4.78 is 11.0. The van der Waals surface area contributed by atoms with Gasteiger partial charge in [0.1, 0.15) is 5.69 Å². The van der Waals surface area contributed by atoms with Crippen LogP contribution < -0.4 is 5.32 Å². The van der Waals surface area contributed by atoms with Gasteiger partial charge in [0.25, 0.3) is 0 Å². The molecule has 1 N–H and O–H groups in total. The average Bonchev–Trinajstić information content (AvgIpc) is 3.38. The second-order valence-electron chi connectivity index (χ2n) is 7.43. The van der Waals surface area contributed by atoms with Crippen LogP contribution in [0, 0.1) is 6.92 Å². The normalized spacial score (nSPS) is 17.7. The van der Waals surface area contributed by atoms with Gasteiger partial charge in [0, 0.05) is 31.4 Å². The van der Waals surface area contributed by atoms with Gasteiger partial charge in [-0.2, -0.15) is 0 Å². The van der Waals surface area contributed by atoms with Crippen LogP contribution in [0.15, 0.2) is 39.6 Å². The molecule has 3 aromatic heterocycles. The lowest BCUT2D eigenvalue weighted by atomic mass is 10.0. The van der Waals surface area contributed by atoms with Crippen LogP contribution in [0.1, 0.15) is 38.3 Å². The highest BCUT2D eigenvalue weighted by molar-refractivity contribution is 5.75. The Morgan fingerprint density at radius 2 is 2.21 bits per heavy atom. The molecule has 1 unspecified atom stereocenters. The minimum absolute atomic E-state index is 0.595. The Labute approximate surface area is 165 Å². The number of aryl methyl sites for hydroxylation is 1. The van der Waals surface area contributed by atoms with Gasteiger partial charge in [-0.3, -0.25) is 0 Å². The Hall–Kier alpha value is -2.67. The number of rotatable bonds is 7. The zero-order valence-electron chi connectivity index (χ0n) is 16.5. The summed E-state index contributed by atoms with van der Waals surface area (Å²) in [5.41, 5.74) is 2.28. The molecule has 1 fully saturated rings. The lowest BCUT2D eigenvalue weighted by Gasteiger charge is -2.33. The van der Waals surface area contributed by atoms with Crippen molar-refractivity contribution in [1.29, 1.82) is 0 Å². The molecule has 0 saturated carbocycles. The molecule has 4 heterocycles. The molecule has 7 nitrogen and oxygen atoms in total. The molecule has 0 aromatic carbocycles. The van der Waals surface area contributed by atoms with Gasteiger partial charge >= 0.3 is 0 Å².